The molecular formula is C17H29NO. The third kappa shape index (κ3) is 7.22. The first-order valence-electron chi connectivity index (χ1n) is 7.65. The summed E-state index contributed by atoms with van der Waals surface area (Å²) in [4.78, 5) is 0. The Kier molecular flexibility index (Phi) is 8.31. The highest BCUT2D eigenvalue weighted by atomic mass is 16.5. The smallest absolute Gasteiger partial charge is 0.123 e. The van der Waals surface area contributed by atoms with Gasteiger partial charge >= 0.3 is 0 Å². The first-order valence-corrected chi connectivity index (χ1v) is 7.65. The summed E-state index contributed by atoms with van der Waals surface area (Å²) in [6, 6.07) is 8.35. The quantitative estimate of drug-likeness (QED) is 0.632. The second-order valence-corrected chi connectivity index (χ2v) is 5.54. The number of unbranched alkanes of at least 4 members (excludes halogenated alkanes) is 3. The lowest BCUT2D eigenvalue weighted by Gasteiger charge is -2.13. The van der Waals surface area contributed by atoms with Gasteiger partial charge < -0.3 is 10.1 Å². The van der Waals surface area contributed by atoms with Crippen molar-refractivity contribution in [2.75, 3.05) is 13.2 Å². The molecule has 2 heteroatoms. The fourth-order valence-electron chi connectivity index (χ4n) is 2.00. The Balaban J connectivity index is 2.35. The summed E-state index contributed by atoms with van der Waals surface area (Å²) < 4.78 is 5.90. The van der Waals surface area contributed by atoms with Crippen LogP contribution in [0.15, 0.2) is 24.3 Å². The molecule has 0 radical (unpaired) electrons. The van der Waals surface area contributed by atoms with Crippen molar-refractivity contribution in [3.8, 4) is 5.75 Å². The first kappa shape index (κ1) is 16.0. The molecule has 0 bridgehead atoms. The van der Waals surface area contributed by atoms with E-state index in [0.29, 0.717) is 5.92 Å². The van der Waals surface area contributed by atoms with E-state index in [-0.39, 0.29) is 0 Å². The van der Waals surface area contributed by atoms with Gasteiger partial charge in [-0.3, -0.25) is 0 Å². The molecule has 0 fully saturated rings. The van der Waals surface area contributed by atoms with Gasteiger partial charge in [0.1, 0.15) is 5.75 Å². The number of rotatable bonds is 10. The molecule has 0 saturated carbocycles. The molecule has 0 spiro atoms. The van der Waals surface area contributed by atoms with Crippen molar-refractivity contribution in [2.45, 2.75) is 53.0 Å². The zero-order chi connectivity index (χ0) is 13.9. The van der Waals surface area contributed by atoms with Crippen LogP contribution >= 0.6 is 0 Å². The van der Waals surface area contributed by atoms with Gasteiger partial charge in [-0.05, 0) is 24.9 Å². The van der Waals surface area contributed by atoms with Crippen LogP contribution in [-0.4, -0.2) is 13.2 Å². The van der Waals surface area contributed by atoms with Crippen LogP contribution in [0.5, 0.6) is 5.75 Å². The standard InChI is InChI=1S/C17H29NO/c1-4-5-6-9-12-19-17-11-8-7-10-16(17)14-18-13-15(2)3/h7-8,10-11,15,18H,4-6,9,12-14H2,1-3H3. The number of nitrogens with one attached hydrogen (secondary N) is 1. The van der Waals surface area contributed by atoms with Crippen LogP contribution < -0.4 is 10.1 Å². The SMILES string of the molecule is CCCCCCOc1ccccc1CNCC(C)C. The van der Waals surface area contributed by atoms with Crippen molar-refractivity contribution in [1.29, 1.82) is 0 Å². The van der Waals surface area contributed by atoms with E-state index in [1.165, 1.54) is 24.8 Å². The number of hydrogen-bond donors (Lipinski definition) is 1. The van der Waals surface area contributed by atoms with Crippen LogP contribution in [-0.2, 0) is 6.54 Å². The molecule has 0 saturated heterocycles. The molecule has 1 N–H and O–H groups in total. The van der Waals surface area contributed by atoms with Crippen LogP contribution in [0.4, 0.5) is 0 Å². The maximum atomic E-state index is 5.90. The minimum absolute atomic E-state index is 0.683. The molecule has 19 heavy (non-hydrogen) atoms. The predicted octanol–water partition coefficient (Wildman–Crippen LogP) is 4.39. The maximum absolute atomic E-state index is 5.90. The van der Waals surface area contributed by atoms with Gasteiger partial charge in [0, 0.05) is 12.1 Å². The molecule has 1 rings (SSSR count). The Morgan fingerprint density at radius 3 is 2.63 bits per heavy atom. The van der Waals surface area contributed by atoms with Crippen LogP contribution in [0.1, 0.15) is 52.0 Å². The van der Waals surface area contributed by atoms with Crippen molar-refractivity contribution in [2.24, 2.45) is 5.92 Å². The van der Waals surface area contributed by atoms with Gasteiger partial charge in [0.2, 0.25) is 0 Å². The summed E-state index contributed by atoms with van der Waals surface area (Å²) in [6.45, 7) is 9.46. The molecular weight excluding hydrogens is 234 g/mol. The highest BCUT2D eigenvalue weighted by Gasteiger charge is 2.03. The second-order valence-electron chi connectivity index (χ2n) is 5.54. The highest BCUT2D eigenvalue weighted by Crippen LogP contribution is 2.18. The van der Waals surface area contributed by atoms with E-state index in [1.807, 2.05) is 6.07 Å². The molecule has 0 atom stereocenters. The van der Waals surface area contributed by atoms with Gasteiger partial charge in [-0.15, -0.1) is 0 Å². The van der Waals surface area contributed by atoms with Crippen LogP contribution in [0.25, 0.3) is 0 Å². The van der Waals surface area contributed by atoms with Gasteiger partial charge in [-0.2, -0.15) is 0 Å². The lowest BCUT2D eigenvalue weighted by atomic mass is 10.1. The molecule has 0 heterocycles. The van der Waals surface area contributed by atoms with Crippen molar-refractivity contribution in [1.82, 2.24) is 5.32 Å². The molecule has 0 aromatic heterocycles. The van der Waals surface area contributed by atoms with Crippen molar-refractivity contribution >= 4 is 0 Å². The predicted molar refractivity (Wildman–Crippen MR) is 82.6 cm³/mol. The molecule has 0 unspecified atom stereocenters. The highest BCUT2D eigenvalue weighted by molar-refractivity contribution is 5.33. The summed E-state index contributed by atoms with van der Waals surface area (Å²) >= 11 is 0. The normalized spacial score (nSPS) is 10.9. The molecule has 0 amide bonds. The zero-order valence-electron chi connectivity index (χ0n) is 12.7. The zero-order valence-corrected chi connectivity index (χ0v) is 12.7. The van der Waals surface area contributed by atoms with E-state index < -0.39 is 0 Å². The third-order valence-corrected chi connectivity index (χ3v) is 3.10. The van der Waals surface area contributed by atoms with E-state index in [0.717, 1.165) is 31.9 Å². The summed E-state index contributed by atoms with van der Waals surface area (Å²) in [5.74, 6) is 1.72. The van der Waals surface area contributed by atoms with Crippen LogP contribution in [0.3, 0.4) is 0 Å². The summed E-state index contributed by atoms with van der Waals surface area (Å²) in [5, 5.41) is 3.47. The molecule has 108 valence electrons. The van der Waals surface area contributed by atoms with Gasteiger partial charge in [0.25, 0.3) is 0 Å². The van der Waals surface area contributed by atoms with Crippen LogP contribution in [0.2, 0.25) is 0 Å². The Morgan fingerprint density at radius 2 is 1.89 bits per heavy atom. The van der Waals surface area contributed by atoms with Gasteiger partial charge in [0.05, 0.1) is 6.61 Å². The average Bonchev–Trinajstić information content (AvgIpc) is 2.40. The van der Waals surface area contributed by atoms with E-state index in [2.05, 4.69) is 44.3 Å². The lowest BCUT2D eigenvalue weighted by molar-refractivity contribution is 0.301. The van der Waals surface area contributed by atoms with E-state index >= 15 is 0 Å². The lowest BCUT2D eigenvalue weighted by Crippen LogP contribution is -2.19. The molecule has 0 aliphatic heterocycles. The van der Waals surface area contributed by atoms with Gasteiger partial charge in [-0.25, -0.2) is 0 Å². The number of hydrogen-bond acceptors (Lipinski definition) is 2. The Bertz CT molecular complexity index is 336. The number of benzene rings is 1. The summed E-state index contributed by atoms with van der Waals surface area (Å²) in [7, 11) is 0. The molecule has 1 aromatic carbocycles. The summed E-state index contributed by atoms with van der Waals surface area (Å²) in [6.07, 6.45) is 5.00. The van der Waals surface area contributed by atoms with E-state index in [9.17, 15) is 0 Å². The fourth-order valence-corrected chi connectivity index (χ4v) is 2.00. The Labute approximate surface area is 118 Å². The van der Waals surface area contributed by atoms with E-state index in [1.54, 1.807) is 0 Å². The first-order chi connectivity index (χ1) is 9.24. The van der Waals surface area contributed by atoms with Crippen molar-refractivity contribution in [3.05, 3.63) is 29.8 Å². The minimum Gasteiger partial charge on any atom is -0.493 e. The fraction of sp³-hybridized carbons (Fsp3) is 0.647. The Morgan fingerprint density at radius 1 is 1.11 bits per heavy atom. The monoisotopic (exact) mass is 263 g/mol. The number of ether oxygens (including phenoxy) is 1. The summed E-state index contributed by atoms with van der Waals surface area (Å²) in [5.41, 5.74) is 1.26. The molecule has 0 aliphatic carbocycles. The van der Waals surface area contributed by atoms with Crippen LogP contribution in [0, 0.1) is 5.92 Å². The largest absolute Gasteiger partial charge is 0.493 e. The Hall–Kier alpha value is -1.02. The molecule has 0 aliphatic rings. The van der Waals surface area contributed by atoms with Gasteiger partial charge in [-0.1, -0.05) is 58.2 Å². The maximum Gasteiger partial charge on any atom is 0.123 e. The molecule has 1 aromatic rings. The second kappa shape index (κ2) is 9.85. The van der Waals surface area contributed by atoms with Gasteiger partial charge in [0.15, 0.2) is 0 Å². The minimum atomic E-state index is 0.683. The van der Waals surface area contributed by atoms with Crippen molar-refractivity contribution < 1.29 is 4.74 Å². The topological polar surface area (TPSA) is 21.3 Å². The van der Waals surface area contributed by atoms with E-state index in [4.69, 9.17) is 4.74 Å². The third-order valence-electron chi connectivity index (χ3n) is 3.10. The average molecular weight is 263 g/mol. The number of para-hydroxylation sites is 1. The molecule has 2 nitrogen and oxygen atoms in total. The van der Waals surface area contributed by atoms with Crippen molar-refractivity contribution in [3.63, 3.8) is 0 Å².